The molecule has 0 amide bonds. The highest BCUT2D eigenvalue weighted by Gasteiger charge is 2.13. The lowest BCUT2D eigenvalue weighted by molar-refractivity contribution is 0.275. The summed E-state index contributed by atoms with van der Waals surface area (Å²) in [5, 5.41) is 3.56. The van der Waals surface area contributed by atoms with Crippen LogP contribution in [0.4, 0.5) is 0 Å². The smallest absolute Gasteiger partial charge is 0.175 e. The van der Waals surface area contributed by atoms with Gasteiger partial charge in [0.25, 0.3) is 0 Å². The molecule has 2 aromatic carbocycles. The lowest BCUT2D eigenvalue weighted by Gasteiger charge is -2.17. The number of ether oxygens (including phenoxy) is 2. The Hall–Kier alpha value is -1.52. The van der Waals surface area contributed by atoms with Gasteiger partial charge in [0, 0.05) is 12.6 Å². The second kappa shape index (κ2) is 9.70. The molecule has 4 heteroatoms. The van der Waals surface area contributed by atoms with Crippen LogP contribution in [0.1, 0.15) is 44.4 Å². The largest absolute Gasteiger partial charge is 0.490 e. The highest BCUT2D eigenvalue weighted by atomic mass is 79.9. The maximum absolute atomic E-state index is 5.83. The van der Waals surface area contributed by atoms with Gasteiger partial charge in [-0.15, -0.1) is 0 Å². The minimum Gasteiger partial charge on any atom is -0.490 e. The van der Waals surface area contributed by atoms with Crippen molar-refractivity contribution in [3.63, 3.8) is 0 Å². The molecule has 3 nitrogen and oxygen atoms in total. The first-order chi connectivity index (χ1) is 11.7. The van der Waals surface area contributed by atoms with E-state index in [2.05, 4.69) is 71.5 Å². The predicted molar refractivity (Wildman–Crippen MR) is 103 cm³/mol. The fourth-order valence-electron chi connectivity index (χ4n) is 2.46. The standard InChI is InChI=1S/C20H26BrNO2/c1-4-11-24-20-18(21)12-16(13-19(20)23-5-2)14-22-15(3)17-9-7-6-8-10-17/h6-10,12-13,15,22H,4-5,11,14H2,1-3H3. The lowest BCUT2D eigenvalue weighted by Crippen LogP contribution is -2.18. The molecule has 130 valence electrons. The summed E-state index contributed by atoms with van der Waals surface area (Å²) in [5.41, 5.74) is 2.45. The Labute approximate surface area is 153 Å². The Morgan fingerprint density at radius 3 is 2.50 bits per heavy atom. The molecule has 1 atom stereocenters. The Balaban J connectivity index is 2.09. The maximum atomic E-state index is 5.83. The van der Waals surface area contributed by atoms with Crippen molar-refractivity contribution >= 4 is 15.9 Å². The highest BCUT2D eigenvalue weighted by molar-refractivity contribution is 9.10. The quantitative estimate of drug-likeness (QED) is 0.612. The first-order valence-corrected chi connectivity index (χ1v) is 9.31. The lowest BCUT2D eigenvalue weighted by atomic mass is 10.1. The van der Waals surface area contributed by atoms with Crippen molar-refractivity contribution < 1.29 is 9.47 Å². The SMILES string of the molecule is CCCOc1c(Br)cc(CNC(C)c2ccccc2)cc1OCC. The summed E-state index contributed by atoms with van der Waals surface area (Å²) < 4.78 is 12.5. The molecule has 0 aromatic heterocycles. The van der Waals surface area contributed by atoms with E-state index in [1.807, 2.05) is 13.0 Å². The van der Waals surface area contributed by atoms with Gasteiger partial charge in [0.15, 0.2) is 11.5 Å². The van der Waals surface area contributed by atoms with E-state index in [4.69, 9.17) is 9.47 Å². The van der Waals surface area contributed by atoms with Crippen LogP contribution in [0.2, 0.25) is 0 Å². The Morgan fingerprint density at radius 2 is 1.83 bits per heavy atom. The van der Waals surface area contributed by atoms with Crippen molar-refractivity contribution in [1.29, 1.82) is 0 Å². The van der Waals surface area contributed by atoms with Gasteiger partial charge in [-0.1, -0.05) is 37.3 Å². The van der Waals surface area contributed by atoms with Crippen molar-refractivity contribution in [2.24, 2.45) is 0 Å². The fourth-order valence-corrected chi connectivity index (χ4v) is 3.06. The third-order valence-corrected chi connectivity index (χ3v) is 4.32. The summed E-state index contributed by atoms with van der Waals surface area (Å²) in [6.07, 6.45) is 0.968. The molecule has 0 fully saturated rings. The van der Waals surface area contributed by atoms with Gasteiger partial charge in [0.2, 0.25) is 0 Å². The monoisotopic (exact) mass is 391 g/mol. The third kappa shape index (κ3) is 5.25. The molecule has 0 aliphatic carbocycles. The van der Waals surface area contributed by atoms with E-state index in [-0.39, 0.29) is 6.04 Å². The van der Waals surface area contributed by atoms with Crippen LogP contribution in [0.15, 0.2) is 46.9 Å². The first-order valence-electron chi connectivity index (χ1n) is 8.52. The molecule has 0 heterocycles. The second-order valence-corrected chi connectivity index (χ2v) is 6.55. The van der Waals surface area contributed by atoms with Gasteiger partial charge in [-0.05, 0) is 59.5 Å². The number of benzene rings is 2. The molecule has 0 aliphatic rings. The molecular weight excluding hydrogens is 366 g/mol. The van der Waals surface area contributed by atoms with Crippen LogP contribution in [0.5, 0.6) is 11.5 Å². The number of rotatable bonds is 9. The molecule has 1 N–H and O–H groups in total. The van der Waals surface area contributed by atoms with E-state index in [9.17, 15) is 0 Å². The van der Waals surface area contributed by atoms with Crippen LogP contribution in [-0.2, 0) is 6.54 Å². The van der Waals surface area contributed by atoms with Gasteiger partial charge in [-0.25, -0.2) is 0 Å². The molecule has 2 aromatic rings. The Kier molecular flexibility index (Phi) is 7.60. The van der Waals surface area contributed by atoms with Crippen molar-refractivity contribution in [3.05, 3.63) is 58.1 Å². The van der Waals surface area contributed by atoms with Gasteiger partial charge in [-0.3, -0.25) is 0 Å². The van der Waals surface area contributed by atoms with E-state index >= 15 is 0 Å². The van der Waals surface area contributed by atoms with E-state index in [0.717, 1.165) is 34.5 Å². The minimum atomic E-state index is 0.288. The zero-order valence-electron chi connectivity index (χ0n) is 14.6. The fraction of sp³-hybridized carbons (Fsp3) is 0.400. The number of halogens is 1. The summed E-state index contributed by atoms with van der Waals surface area (Å²) in [4.78, 5) is 0. The Bertz CT molecular complexity index is 631. The molecule has 0 spiro atoms. The van der Waals surface area contributed by atoms with Crippen molar-refractivity contribution in [3.8, 4) is 11.5 Å². The van der Waals surface area contributed by atoms with Gasteiger partial charge in [0.05, 0.1) is 17.7 Å². The van der Waals surface area contributed by atoms with Crippen molar-refractivity contribution in [2.75, 3.05) is 13.2 Å². The minimum absolute atomic E-state index is 0.288. The molecule has 1 unspecified atom stereocenters. The topological polar surface area (TPSA) is 30.5 Å². The molecule has 0 radical (unpaired) electrons. The molecule has 0 saturated heterocycles. The van der Waals surface area contributed by atoms with E-state index in [1.54, 1.807) is 0 Å². The molecule has 24 heavy (non-hydrogen) atoms. The van der Waals surface area contributed by atoms with Crippen LogP contribution in [-0.4, -0.2) is 13.2 Å². The van der Waals surface area contributed by atoms with Crippen LogP contribution in [0.3, 0.4) is 0 Å². The normalized spacial score (nSPS) is 12.0. The first kappa shape index (κ1) is 18.8. The van der Waals surface area contributed by atoms with Crippen LogP contribution in [0.25, 0.3) is 0 Å². The summed E-state index contributed by atoms with van der Waals surface area (Å²) in [7, 11) is 0. The van der Waals surface area contributed by atoms with E-state index in [0.29, 0.717) is 13.2 Å². The number of nitrogens with one attached hydrogen (secondary N) is 1. The molecule has 0 aliphatic heterocycles. The molecule has 0 saturated carbocycles. The second-order valence-electron chi connectivity index (χ2n) is 5.70. The van der Waals surface area contributed by atoms with Crippen molar-refractivity contribution in [2.45, 2.75) is 39.8 Å². The zero-order valence-corrected chi connectivity index (χ0v) is 16.2. The summed E-state index contributed by atoms with van der Waals surface area (Å²) >= 11 is 3.62. The summed E-state index contributed by atoms with van der Waals surface area (Å²) in [6.45, 7) is 8.32. The van der Waals surface area contributed by atoms with Crippen LogP contribution >= 0.6 is 15.9 Å². The number of hydrogen-bond donors (Lipinski definition) is 1. The van der Waals surface area contributed by atoms with Crippen LogP contribution < -0.4 is 14.8 Å². The predicted octanol–water partition coefficient (Wildman–Crippen LogP) is 5.49. The van der Waals surface area contributed by atoms with Gasteiger partial charge in [-0.2, -0.15) is 0 Å². The van der Waals surface area contributed by atoms with Gasteiger partial charge >= 0.3 is 0 Å². The van der Waals surface area contributed by atoms with Gasteiger partial charge in [0.1, 0.15) is 0 Å². The number of hydrogen-bond acceptors (Lipinski definition) is 3. The summed E-state index contributed by atoms with van der Waals surface area (Å²) in [6, 6.07) is 14.9. The van der Waals surface area contributed by atoms with E-state index in [1.165, 1.54) is 5.56 Å². The van der Waals surface area contributed by atoms with Gasteiger partial charge < -0.3 is 14.8 Å². The summed E-state index contributed by atoms with van der Waals surface area (Å²) in [5.74, 6) is 1.59. The average Bonchev–Trinajstić information content (AvgIpc) is 2.60. The molecule has 0 bridgehead atoms. The third-order valence-electron chi connectivity index (χ3n) is 3.73. The van der Waals surface area contributed by atoms with Crippen LogP contribution in [0, 0.1) is 0 Å². The highest BCUT2D eigenvalue weighted by Crippen LogP contribution is 2.37. The van der Waals surface area contributed by atoms with E-state index < -0.39 is 0 Å². The zero-order chi connectivity index (χ0) is 17.4. The Morgan fingerprint density at radius 1 is 1.08 bits per heavy atom. The molecule has 2 rings (SSSR count). The average molecular weight is 392 g/mol. The maximum Gasteiger partial charge on any atom is 0.175 e. The van der Waals surface area contributed by atoms with Crippen molar-refractivity contribution in [1.82, 2.24) is 5.32 Å². The molecular formula is C20H26BrNO2.